The second kappa shape index (κ2) is 7.72. The number of carbonyl (C=O) groups is 1. The van der Waals surface area contributed by atoms with Gasteiger partial charge in [0.1, 0.15) is 11.5 Å². The van der Waals surface area contributed by atoms with Gasteiger partial charge in [0.25, 0.3) is 5.91 Å². The average molecular weight is 390 g/mol. The third-order valence-corrected chi connectivity index (χ3v) is 5.05. The smallest absolute Gasteiger partial charge is 0.256 e. The van der Waals surface area contributed by atoms with Gasteiger partial charge in [-0.25, -0.2) is 0 Å². The fourth-order valence-corrected chi connectivity index (χ4v) is 3.63. The van der Waals surface area contributed by atoms with Crippen molar-refractivity contribution in [3.8, 4) is 22.4 Å². The molecule has 2 heterocycles. The summed E-state index contributed by atoms with van der Waals surface area (Å²) in [5.41, 5.74) is 5.84. The summed E-state index contributed by atoms with van der Waals surface area (Å²) in [5, 5.41) is 12.0. The molecule has 5 heteroatoms. The molecule has 1 amide bonds. The van der Waals surface area contributed by atoms with Crippen molar-refractivity contribution < 1.29 is 4.79 Å². The number of aromatic nitrogens is 2. The highest BCUT2D eigenvalue weighted by Gasteiger charge is 2.27. The monoisotopic (exact) mass is 390 g/mol. The van der Waals surface area contributed by atoms with Crippen LogP contribution in [0.2, 0.25) is 0 Å². The van der Waals surface area contributed by atoms with Crippen LogP contribution in [-0.4, -0.2) is 21.9 Å². The highest BCUT2D eigenvalue weighted by molar-refractivity contribution is 6.17. The van der Waals surface area contributed by atoms with Crippen LogP contribution in [0.25, 0.3) is 22.4 Å². The van der Waals surface area contributed by atoms with Gasteiger partial charge in [-0.1, -0.05) is 78.9 Å². The van der Waals surface area contributed by atoms with Crippen molar-refractivity contribution in [3.63, 3.8) is 0 Å². The van der Waals surface area contributed by atoms with Gasteiger partial charge in [0, 0.05) is 16.7 Å². The quantitative estimate of drug-likeness (QED) is 0.560. The molecule has 4 aromatic rings. The van der Waals surface area contributed by atoms with Crippen molar-refractivity contribution in [2.75, 3.05) is 0 Å². The second-order valence-corrected chi connectivity index (χ2v) is 6.96. The molecule has 1 aliphatic heterocycles. The van der Waals surface area contributed by atoms with E-state index in [0.29, 0.717) is 17.9 Å². The molecular formula is C25H18N4O. The zero-order valence-corrected chi connectivity index (χ0v) is 16.1. The molecule has 0 saturated carbocycles. The first-order valence-corrected chi connectivity index (χ1v) is 9.73. The van der Waals surface area contributed by atoms with Crippen LogP contribution in [0.15, 0.2) is 96.0 Å². The lowest BCUT2D eigenvalue weighted by molar-refractivity contribution is 0.0977. The van der Waals surface area contributed by atoms with Crippen molar-refractivity contribution >= 4 is 11.7 Å². The Kier molecular flexibility index (Phi) is 4.62. The summed E-state index contributed by atoms with van der Waals surface area (Å²) in [6, 6.07) is 29.1. The first-order chi connectivity index (χ1) is 14.8. The van der Waals surface area contributed by atoms with Gasteiger partial charge in [0.2, 0.25) is 0 Å². The van der Waals surface area contributed by atoms with Crippen LogP contribution in [0, 0.1) is 0 Å². The Morgan fingerprint density at radius 3 is 1.97 bits per heavy atom. The van der Waals surface area contributed by atoms with E-state index in [1.165, 1.54) is 0 Å². The first kappa shape index (κ1) is 17.9. The molecule has 0 aliphatic carbocycles. The Morgan fingerprint density at radius 1 is 0.700 bits per heavy atom. The van der Waals surface area contributed by atoms with Crippen LogP contribution in [0.4, 0.5) is 0 Å². The van der Waals surface area contributed by atoms with Crippen molar-refractivity contribution in [2.45, 2.75) is 6.54 Å². The molecule has 0 fully saturated rings. The number of rotatable bonds is 3. The molecule has 0 bridgehead atoms. The van der Waals surface area contributed by atoms with E-state index >= 15 is 0 Å². The number of amides is 1. The first-order valence-electron chi connectivity index (χ1n) is 9.73. The van der Waals surface area contributed by atoms with E-state index in [0.717, 1.165) is 33.6 Å². The lowest BCUT2D eigenvalue weighted by Crippen LogP contribution is -2.31. The zero-order chi connectivity index (χ0) is 20.3. The molecule has 30 heavy (non-hydrogen) atoms. The van der Waals surface area contributed by atoms with Crippen LogP contribution >= 0.6 is 0 Å². The van der Waals surface area contributed by atoms with Crippen molar-refractivity contribution in [2.24, 2.45) is 4.99 Å². The Morgan fingerprint density at radius 2 is 1.30 bits per heavy atom. The van der Waals surface area contributed by atoms with Crippen LogP contribution in [0.5, 0.6) is 0 Å². The molecule has 0 saturated heterocycles. The average Bonchev–Trinajstić information content (AvgIpc) is 3.23. The summed E-state index contributed by atoms with van der Waals surface area (Å²) in [5.74, 6) is 0.337. The van der Waals surface area contributed by atoms with E-state index in [-0.39, 0.29) is 5.91 Å². The molecule has 5 rings (SSSR count). The minimum atomic E-state index is -0.195. The molecule has 1 aliphatic rings. The number of nitrogens with one attached hydrogen (secondary N) is 1. The van der Waals surface area contributed by atoms with E-state index in [1.807, 2.05) is 78.9 Å². The van der Waals surface area contributed by atoms with E-state index in [2.05, 4.69) is 20.5 Å². The summed E-state index contributed by atoms with van der Waals surface area (Å²) >= 11 is 0. The lowest BCUT2D eigenvalue weighted by atomic mass is 9.94. The van der Waals surface area contributed by atoms with E-state index < -0.39 is 0 Å². The minimum absolute atomic E-state index is 0.195. The third kappa shape index (κ3) is 3.26. The number of nitrogens with zero attached hydrogens (tertiary/aromatic N) is 3. The lowest BCUT2D eigenvalue weighted by Gasteiger charge is -2.15. The maximum absolute atomic E-state index is 12.8. The van der Waals surface area contributed by atoms with Crippen molar-refractivity contribution in [1.29, 1.82) is 0 Å². The molecule has 0 unspecified atom stereocenters. The van der Waals surface area contributed by atoms with Gasteiger partial charge in [0.15, 0.2) is 0 Å². The van der Waals surface area contributed by atoms with Gasteiger partial charge in [-0.2, -0.15) is 5.10 Å². The van der Waals surface area contributed by atoms with Crippen molar-refractivity contribution in [1.82, 2.24) is 15.5 Å². The Bertz CT molecular complexity index is 1240. The summed E-state index contributed by atoms with van der Waals surface area (Å²) in [6.45, 7) is 0.391. The fourth-order valence-electron chi connectivity index (χ4n) is 3.63. The Balaban J connectivity index is 1.64. The minimum Gasteiger partial charge on any atom is -0.306 e. The third-order valence-electron chi connectivity index (χ3n) is 5.05. The van der Waals surface area contributed by atoms with E-state index in [4.69, 9.17) is 0 Å². The molecule has 5 nitrogen and oxygen atoms in total. The second-order valence-electron chi connectivity index (χ2n) is 6.96. The van der Waals surface area contributed by atoms with Gasteiger partial charge < -0.3 is 5.32 Å². The van der Waals surface area contributed by atoms with Gasteiger partial charge in [0.05, 0.1) is 17.8 Å². The van der Waals surface area contributed by atoms with E-state index in [1.54, 1.807) is 12.1 Å². The van der Waals surface area contributed by atoms with Gasteiger partial charge in [-0.3, -0.25) is 9.79 Å². The number of hydrogen-bond acceptors (Lipinski definition) is 4. The highest BCUT2D eigenvalue weighted by atomic mass is 16.1. The number of fused-ring (bicyclic) bond motifs is 1. The van der Waals surface area contributed by atoms with Crippen LogP contribution in [-0.2, 0) is 6.54 Å². The van der Waals surface area contributed by atoms with Crippen LogP contribution in [0.3, 0.4) is 0 Å². The SMILES string of the molecule is O=C(NC1=NCc2nnc(-c3ccccc3)c(-c3ccccc3)c21)c1ccccc1. The zero-order valence-electron chi connectivity index (χ0n) is 16.1. The maximum atomic E-state index is 12.8. The molecule has 3 aromatic carbocycles. The number of amidine groups is 1. The molecule has 1 aromatic heterocycles. The Labute approximate surface area is 174 Å². The number of hydrogen-bond donors (Lipinski definition) is 1. The topological polar surface area (TPSA) is 67.2 Å². The largest absolute Gasteiger partial charge is 0.306 e. The molecule has 0 spiro atoms. The van der Waals surface area contributed by atoms with Gasteiger partial charge in [-0.15, -0.1) is 5.10 Å². The number of benzene rings is 3. The molecule has 144 valence electrons. The standard InChI is InChI=1S/C25H18N4O/c30-25(19-14-8-3-9-15-19)27-24-22-20(16-26-24)28-29-23(18-12-6-2-7-13-18)21(22)17-10-4-1-5-11-17/h1-15H,16H2,(H,26,27,30). The highest BCUT2D eigenvalue weighted by Crippen LogP contribution is 2.36. The Hall–Kier alpha value is -4.12. The van der Waals surface area contributed by atoms with Gasteiger partial charge in [-0.05, 0) is 17.7 Å². The number of carbonyl (C=O) groups excluding carboxylic acids is 1. The van der Waals surface area contributed by atoms with Crippen LogP contribution in [0.1, 0.15) is 21.6 Å². The summed E-state index contributed by atoms with van der Waals surface area (Å²) < 4.78 is 0. The maximum Gasteiger partial charge on any atom is 0.256 e. The van der Waals surface area contributed by atoms with E-state index in [9.17, 15) is 4.79 Å². The van der Waals surface area contributed by atoms with Crippen molar-refractivity contribution in [3.05, 3.63) is 108 Å². The van der Waals surface area contributed by atoms with Gasteiger partial charge >= 0.3 is 0 Å². The predicted octanol–water partition coefficient (Wildman–Crippen LogP) is 4.50. The molecule has 1 N–H and O–H groups in total. The number of aliphatic imine (C=N–C) groups is 1. The molecule has 0 radical (unpaired) electrons. The normalized spacial score (nSPS) is 12.2. The molecular weight excluding hydrogens is 372 g/mol. The summed E-state index contributed by atoms with van der Waals surface area (Å²) in [4.78, 5) is 17.4. The fraction of sp³-hybridized carbons (Fsp3) is 0.0400. The summed E-state index contributed by atoms with van der Waals surface area (Å²) in [7, 11) is 0. The molecule has 0 atom stereocenters. The predicted molar refractivity (Wildman–Crippen MR) is 117 cm³/mol. The summed E-state index contributed by atoms with van der Waals surface area (Å²) in [6.07, 6.45) is 0. The van der Waals surface area contributed by atoms with Crippen LogP contribution < -0.4 is 5.32 Å².